The number of fused-ring (bicyclic) bond motifs is 1. The Morgan fingerprint density at radius 2 is 2.00 bits per heavy atom. The van der Waals surface area contributed by atoms with Crippen molar-refractivity contribution >= 4 is 35.0 Å². The van der Waals surface area contributed by atoms with E-state index < -0.39 is 0 Å². The molecule has 0 radical (unpaired) electrons. The second-order valence-electron chi connectivity index (χ2n) is 4.71. The minimum Gasteiger partial charge on any atom is -0.312 e. The van der Waals surface area contributed by atoms with Gasteiger partial charge in [0.15, 0.2) is 0 Å². The van der Waals surface area contributed by atoms with Gasteiger partial charge in [0.25, 0.3) is 0 Å². The van der Waals surface area contributed by atoms with Crippen LogP contribution in [0.3, 0.4) is 0 Å². The summed E-state index contributed by atoms with van der Waals surface area (Å²) in [6, 6.07) is 6.27. The van der Waals surface area contributed by atoms with Gasteiger partial charge in [-0.25, -0.2) is 0 Å². The Labute approximate surface area is 119 Å². The molecule has 1 amide bonds. The van der Waals surface area contributed by atoms with Gasteiger partial charge in [-0.05, 0) is 49.8 Å². The average Bonchev–Trinajstić information content (AvgIpc) is 2.71. The van der Waals surface area contributed by atoms with E-state index >= 15 is 0 Å². The van der Waals surface area contributed by atoms with Crippen molar-refractivity contribution in [1.82, 2.24) is 0 Å². The van der Waals surface area contributed by atoms with Gasteiger partial charge in [-0.3, -0.25) is 4.79 Å². The highest BCUT2D eigenvalue weighted by Gasteiger charge is 2.23. The molecule has 0 unspecified atom stereocenters. The van der Waals surface area contributed by atoms with Crippen LogP contribution in [0.5, 0.6) is 0 Å². The van der Waals surface area contributed by atoms with E-state index in [1.807, 2.05) is 11.8 Å². The number of carbonyl (C=O) groups is 2. The van der Waals surface area contributed by atoms with Gasteiger partial charge >= 0.3 is 0 Å². The van der Waals surface area contributed by atoms with Crippen molar-refractivity contribution < 1.29 is 9.59 Å². The van der Waals surface area contributed by atoms with Crippen molar-refractivity contribution in [1.29, 1.82) is 0 Å². The topological polar surface area (TPSA) is 37.4 Å². The lowest BCUT2D eigenvalue weighted by atomic mass is 10.1. The zero-order valence-corrected chi connectivity index (χ0v) is 12.4. The summed E-state index contributed by atoms with van der Waals surface area (Å²) in [6.07, 6.45) is 1.31. The largest absolute Gasteiger partial charge is 0.312 e. The van der Waals surface area contributed by atoms with Crippen molar-refractivity contribution in [3.8, 4) is 0 Å². The van der Waals surface area contributed by atoms with Crippen molar-refractivity contribution in [2.24, 2.45) is 0 Å². The Hall–Kier alpha value is -1.55. The quantitative estimate of drug-likeness (QED) is 0.780. The lowest BCUT2D eigenvalue weighted by Crippen LogP contribution is -2.28. The van der Waals surface area contributed by atoms with Crippen LogP contribution in [0.25, 0.3) is 0 Å². The molecule has 4 heteroatoms. The molecule has 1 heterocycles. The van der Waals surface area contributed by atoms with E-state index in [-0.39, 0.29) is 11.7 Å². The number of hydrogen-bond donors (Lipinski definition) is 0. The molecule has 3 nitrogen and oxygen atoms in total. The number of ketones is 1. The van der Waals surface area contributed by atoms with Gasteiger partial charge in [0.1, 0.15) is 5.78 Å². The van der Waals surface area contributed by atoms with Gasteiger partial charge in [-0.15, -0.1) is 0 Å². The summed E-state index contributed by atoms with van der Waals surface area (Å²) in [4.78, 5) is 23.0. The second-order valence-corrected chi connectivity index (χ2v) is 5.04. The summed E-state index contributed by atoms with van der Waals surface area (Å²) >= 11 is 4.72. The number of thiocarbonyl (C=S) groups is 1. The van der Waals surface area contributed by atoms with E-state index in [0.717, 1.165) is 18.7 Å². The number of Topliss-reactive ketones (excluding diaryl/α,β-unsaturated/α-hetero) is 1. The van der Waals surface area contributed by atoms with Crippen LogP contribution in [0.2, 0.25) is 0 Å². The molecule has 1 aromatic rings. The lowest BCUT2D eigenvalue weighted by molar-refractivity contribution is -0.117. The molecule has 0 spiro atoms. The van der Waals surface area contributed by atoms with Crippen molar-refractivity contribution in [3.05, 3.63) is 29.3 Å². The number of rotatable bonds is 2. The number of hydrogen-bond acceptors (Lipinski definition) is 3. The van der Waals surface area contributed by atoms with Crippen molar-refractivity contribution in [2.45, 2.75) is 33.6 Å². The number of nitrogens with zero attached hydrogens (tertiary/aromatic N) is 1. The van der Waals surface area contributed by atoms with Gasteiger partial charge in [0.2, 0.25) is 5.91 Å². The van der Waals surface area contributed by atoms with Gasteiger partial charge in [0.05, 0.1) is 6.42 Å². The number of benzene rings is 1. The van der Waals surface area contributed by atoms with Crippen LogP contribution in [-0.2, 0) is 16.0 Å². The molecule has 2 rings (SSSR count). The lowest BCUT2D eigenvalue weighted by Gasteiger charge is -2.16. The summed E-state index contributed by atoms with van der Waals surface area (Å²) in [6.45, 7) is 5.89. The first-order valence-corrected chi connectivity index (χ1v) is 6.73. The number of amides is 1. The Kier molecular flexibility index (Phi) is 5.83. The molecule has 0 saturated heterocycles. The highest BCUT2D eigenvalue weighted by molar-refractivity contribution is 7.79. The minimum atomic E-state index is 0.106. The summed E-state index contributed by atoms with van der Waals surface area (Å²) < 4.78 is 0. The predicted molar refractivity (Wildman–Crippen MR) is 81.9 cm³/mol. The number of carbonyl (C=O) groups excluding carboxylic acids is 2. The van der Waals surface area contributed by atoms with E-state index in [4.69, 9.17) is 12.2 Å². The minimum absolute atomic E-state index is 0.106. The maximum Gasteiger partial charge on any atom is 0.231 e. The van der Waals surface area contributed by atoms with Crippen LogP contribution in [-0.4, -0.2) is 23.6 Å². The van der Waals surface area contributed by atoms with Gasteiger partial charge in [0, 0.05) is 12.2 Å². The van der Waals surface area contributed by atoms with E-state index in [1.54, 1.807) is 0 Å². The summed E-state index contributed by atoms with van der Waals surface area (Å²) in [7, 11) is 0. The van der Waals surface area contributed by atoms with Crippen molar-refractivity contribution in [3.63, 3.8) is 0 Å². The van der Waals surface area contributed by atoms with Crippen LogP contribution in [0.4, 0.5) is 5.69 Å². The molecule has 0 bridgehead atoms. The number of anilines is 1. The van der Waals surface area contributed by atoms with Gasteiger partial charge < -0.3 is 9.69 Å². The van der Waals surface area contributed by atoms with E-state index in [1.165, 1.54) is 30.3 Å². The van der Waals surface area contributed by atoms with Gasteiger partial charge in [-0.1, -0.05) is 24.4 Å². The van der Waals surface area contributed by atoms with Crippen LogP contribution in [0, 0.1) is 6.92 Å². The van der Waals surface area contributed by atoms with Crippen LogP contribution >= 0.6 is 12.2 Å². The molecule has 1 aliphatic heterocycles. The highest BCUT2D eigenvalue weighted by Crippen LogP contribution is 2.29. The molecule has 0 aromatic heterocycles. The van der Waals surface area contributed by atoms with E-state index in [2.05, 4.69) is 18.2 Å². The Morgan fingerprint density at radius 3 is 2.58 bits per heavy atom. The molecule has 1 aromatic carbocycles. The molecule has 0 aliphatic carbocycles. The Balaban J connectivity index is 0.000000399. The van der Waals surface area contributed by atoms with Crippen LogP contribution in [0.1, 0.15) is 31.4 Å². The summed E-state index contributed by atoms with van der Waals surface area (Å²) in [5.74, 6) is 0.273. The van der Waals surface area contributed by atoms with E-state index in [0.29, 0.717) is 6.42 Å². The molecular weight excluding hydrogens is 258 g/mol. The SMILES string of the molecule is CC(C)=O.Cc1ccc2c(c1)N(C(=O)CC=S)CC2. The first kappa shape index (κ1) is 15.5. The van der Waals surface area contributed by atoms with Crippen LogP contribution < -0.4 is 4.90 Å². The summed E-state index contributed by atoms with van der Waals surface area (Å²) in [5, 5.41) is 1.50. The molecule has 0 N–H and O–H groups in total. The molecule has 0 atom stereocenters. The maximum absolute atomic E-state index is 11.7. The normalized spacial score (nSPS) is 12.3. The number of aryl methyl sites for hydroxylation is 1. The third kappa shape index (κ3) is 4.56. The molecular formula is C15H19NO2S. The molecule has 0 saturated carbocycles. The van der Waals surface area contributed by atoms with Gasteiger partial charge in [-0.2, -0.15) is 0 Å². The first-order valence-electron chi connectivity index (χ1n) is 6.26. The fourth-order valence-electron chi connectivity index (χ4n) is 1.93. The highest BCUT2D eigenvalue weighted by atomic mass is 32.1. The zero-order chi connectivity index (χ0) is 14.4. The molecule has 102 valence electrons. The average molecular weight is 277 g/mol. The third-order valence-electron chi connectivity index (χ3n) is 2.70. The summed E-state index contributed by atoms with van der Waals surface area (Å²) in [5.41, 5.74) is 3.52. The Morgan fingerprint density at radius 1 is 1.37 bits per heavy atom. The van der Waals surface area contributed by atoms with Crippen molar-refractivity contribution in [2.75, 3.05) is 11.4 Å². The van der Waals surface area contributed by atoms with Crippen LogP contribution in [0.15, 0.2) is 18.2 Å². The molecule has 1 aliphatic rings. The Bertz CT molecular complexity index is 493. The van der Waals surface area contributed by atoms with E-state index in [9.17, 15) is 9.59 Å². The maximum atomic E-state index is 11.7. The molecule has 0 fully saturated rings. The third-order valence-corrected chi connectivity index (χ3v) is 2.86. The molecule has 19 heavy (non-hydrogen) atoms. The smallest absolute Gasteiger partial charge is 0.231 e. The first-order chi connectivity index (χ1) is 8.95. The fourth-order valence-corrected chi connectivity index (χ4v) is 2.07. The standard InChI is InChI=1S/C12H13NOS.C3H6O/c1-9-2-3-10-4-6-13(11(10)8-9)12(14)5-7-15;1-3(2)4/h2-3,7-8H,4-6H2,1H3;1-2H3. The fraction of sp³-hybridized carbons (Fsp3) is 0.400. The zero-order valence-electron chi connectivity index (χ0n) is 11.6. The predicted octanol–water partition coefficient (Wildman–Crippen LogP) is 2.87. The monoisotopic (exact) mass is 277 g/mol. The second kappa shape index (κ2) is 7.14.